The molecule has 0 aromatic heterocycles. The molecule has 0 unspecified atom stereocenters. The van der Waals surface area contributed by atoms with Gasteiger partial charge in [-0.1, -0.05) is 6.08 Å². The van der Waals surface area contributed by atoms with Crippen molar-refractivity contribution < 1.29 is 9.59 Å². The van der Waals surface area contributed by atoms with Crippen LogP contribution in [0.1, 0.15) is 33.6 Å². The normalized spacial score (nSPS) is 17.2. The van der Waals surface area contributed by atoms with Gasteiger partial charge in [0.05, 0.1) is 0 Å². The van der Waals surface area contributed by atoms with Gasteiger partial charge in [0.1, 0.15) is 5.70 Å². The zero-order valence-corrected chi connectivity index (χ0v) is 12.5. The maximum absolute atomic E-state index is 11.8. The summed E-state index contributed by atoms with van der Waals surface area (Å²) in [6.45, 7) is 5.60. The molecule has 0 atom stereocenters. The Morgan fingerprint density at radius 2 is 1.90 bits per heavy atom. The maximum atomic E-state index is 11.8. The number of hydrogen-bond donors (Lipinski definition) is 3. The lowest BCUT2D eigenvalue weighted by molar-refractivity contribution is -0.127. The van der Waals surface area contributed by atoms with Crippen molar-refractivity contribution in [3.8, 4) is 0 Å². The molecule has 0 aromatic rings. The average Bonchev–Trinajstić information content (AvgIpc) is 3.25. The Labute approximate surface area is 120 Å². The summed E-state index contributed by atoms with van der Waals surface area (Å²) in [4.78, 5) is 22.6. The van der Waals surface area contributed by atoms with Gasteiger partial charge < -0.3 is 16.0 Å². The molecule has 0 spiro atoms. The van der Waals surface area contributed by atoms with Gasteiger partial charge in [-0.25, -0.2) is 0 Å². The van der Waals surface area contributed by atoms with Gasteiger partial charge in [-0.15, -0.1) is 0 Å². The summed E-state index contributed by atoms with van der Waals surface area (Å²) in [5.41, 5.74) is 2.73. The van der Waals surface area contributed by atoms with Gasteiger partial charge in [0.25, 0.3) is 0 Å². The van der Waals surface area contributed by atoms with E-state index in [1.54, 1.807) is 0 Å². The lowest BCUT2D eigenvalue weighted by atomic mass is 10.2. The van der Waals surface area contributed by atoms with Crippen molar-refractivity contribution in [2.24, 2.45) is 0 Å². The second kappa shape index (κ2) is 7.53. The highest BCUT2D eigenvalue weighted by Crippen LogP contribution is 2.20. The molecule has 1 aliphatic carbocycles. The van der Waals surface area contributed by atoms with Gasteiger partial charge >= 0.3 is 0 Å². The Morgan fingerprint density at radius 1 is 1.25 bits per heavy atom. The molecule has 0 radical (unpaired) electrons. The maximum Gasteiger partial charge on any atom is 0.243 e. The Kier molecular flexibility index (Phi) is 6.03. The molecule has 0 amide bonds. The monoisotopic (exact) mass is 277 g/mol. The third-order valence-corrected chi connectivity index (χ3v) is 3.07. The van der Waals surface area contributed by atoms with Crippen LogP contribution < -0.4 is 16.0 Å². The first-order chi connectivity index (χ1) is 9.51. The van der Waals surface area contributed by atoms with Crippen LogP contribution in [0.25, 0.3) is 0 Å². The molecule has 5 nitrogen and oxygen atoms in total. The van der Waals surface area contributed by atoms with Crippen molar-refractivity contribution in [3.63, 3.8) is 0 Å². The lowest BCUT2D eigenvalue weighted by Gasteiger charge is -2.14. The summed E-state index contributed by atoms with van der Waals surface area (Å²) in [7, 11) is 1.83. The van der Waals surface area contributed by atoms with Crippen molar-refractivity contribution >= 4 is 12.1 Å². The largest absolute Gasteiger partial charge is 0.392 e. The topological polar surface area (TPSA) is 70.2 Å². The molecular weight excluding hydrogens is 254 g/mol. The van der Waals surface area contributed by atoms with Gasteiger partial charge in [-0.05, 0) is 39.7 Å². The van der Waals surface area contributed by atoms with Gasteiger partial charge in [-0.2, -0.15) is 0 Å². The first kappa shape index (κ1) is 16.0. The number of carbonyl (C=O) groups is 2. The first-order valence-corrected chi connectivity index (χ1v) is 6.78. The zero-order valence-electron chi connectivity index (χ0n) is 12.5. The second-order valence-corrected chi connectivity index (χ2v) is 4.85. The smallest absolute Gasteiger partial charge is 0.243 e. The van der Waals surface area contributed by atoms with Gasteiger partial charge in [0.15, 0.2) is 6.29 Å². The zero-order chi connectivity index (χ0) is 15.1. The molecular formula is C15H23N3O2. The van der Waals surface area contributed by atoms with E-state index in [0.717, 1.165) is 24.2 Å². The van der Waals surface area contributed by atoms with Crippen LogP contribution in [0, 0.1) is 0 Å². The average molecular weight is 277 g/mol. The highest BCUT2D eigenvalue weighted by molar-refractivity contribution is 6.33. The van der Waals surface area contributed by atoms with E-state index >= 15 is 0 Å². The highest BCUT2D eigenvalue weighted by Gasteiger charge is 2.23. The molecule has 0 saturated heterocycles. The van der Waals surface area contributed by atoms with Gasteiger partial charge in [0, 0.05) is 30.2 Å². The molecule has 1 aliphatic rings. The fourth-order valence-electron chi connectivity index (χ4n) is 1.65. The van der Waals surface area contributed by atoms with Crippen LogP contribution in [-0.4, -0.2) is 25.2 Å². The predicted molar refractivity (Wildman–Crippen MR) is 79.6 cm³/mol. The molecule has 110 valence electrons. The van der Waals surface area contributed by atoms with Crippen LogP contribution in [0.2, 0.25) is 0 Å². The number of nitrogens with one attached hydrogen (secondary N) is 3. The Balaban J connectivity index is 2.93. The number of rotatable bonds is 8. The minimum atomic E-state index is -0.550. The number of Topliss-reactive ketones (excluding diaryl/α,β-unsaturated/α-hetero) is 1. The molecule has 0 aromatic carbocycles. The number of allylic oxidation sites excluding steroid dienone is 5. The van der Waals surface area contributed by atoms with E-state index in [-0.39, 0.29) is 0 Å². The number of ketones is 1. The van der Waals surface area contributed by atoms with E-state index in [0.29, 0.717) is 23.7 Å². The highest BCUT2D eigenvalue weighted by atomic mass is 16.2. The number of carbonyl (C=O) groups excluding carboxylic acids is 2. The van der Waals surface area contributed by atoms with E-state index in [9.17, 15) is 9.59 Å². The molecule has 3 N–H and O–H groups in total. The van der Waals surface area contributed by atoms with E-state index in [1.807, 2.05) is 40.0 Å². The second-order valence-electron chi connectivity index (χ2n) is 4.85. The number of hydrogen-bond acceptors (Lipinski definition) is 5. The van der Waals surface area contributed by atoms with E-state index < -0.39 is 5.78 Å². The van der Waals surface area contributed by atoms with Crippen LogP contribution in [0.4, 0.5) is 0 Å². The summed E-state index contributed by atoms with van der Waals surface area (Å²) in [5.74, 6) is -0.550. The Morgan fingerprint density at radius 3 is 2.35 bits per heavy atom. The van der Waals surface area contributed by atoms with Crippen LogP contribution in [0.5, 0.6) is 0 Å². The van der Waals surface area contributed by atoms with Crippen LogP contribution >= 0.6 is 0 Å². The molecule has 0 bridgehead atoms. The fraction of sp³-hybridized carbons (Fsp3) is 0.467. The summed E-state index contributed by atoms with van der Waals surface area (Å²) >= 11 is 0. The van der Waals surface area contributed by atoms with Crippen molar-refractivity contribution in [2.45, 2.75) is 39.7 Å². The van der Waals surface area contributed by atoms with Crippen molar-refractivity contribution in [1.82, 2.24) is 16.0 Å². The predicted octanol–water partition coefficient (Wildman–Crippen LogP) is 1.35. The van der Waals surface area contributed by atoms with Crippen molar-refractivity contribution in [1.29, 1.82) is 0 Å². The summed E-state index contributed by atoms with van der Waals surface area (Å²) in [6.07, 6.45) is 6.28. The number of aldehydes is 1. The van der Waals surface area contributed by atoms with Gasteiger partial charge in [-0.3, -0.25) is 9.59 Å². The SMILES string of the molecule is C/C=C(\C=C(\C)NC)N/C(C(=O)C=O)=C(/C)NC1CC1. The van der Waals surface area contributed by atoms with Crippen LogP contribution in [0.3, 0.4) is 0 Å². The molecule has 20 heavy (non-hydrogen) atoms. The molecule has 0 aliphatic heterocycles. The quantitative estimate of drug-likeness (QED) is 0.270. The standard InChI is InChI=1S/C15H23N3O2/c1-5-12(8-10(2)16-4)18-15(14(20)9-19)11(3)17-13-6-7-13/h5,8-9,13,16-18H,6-7H2,1-4H3/b10-8-,12-5+,15-11-. The third kappa shape index (κ3) is 4.91. The minimum absolute atomic E-state index is 0.306. The van der Waals surface area contributed by atoms with Gasteiger partial charge in [0.2, 0.25) is 5.78 Å². The molecule has 1 fully saturated rings. The minimum Gasteiger partial charge on any atom is -0.392 e. The van der Waals surface area contributed by atoms with E-state index in [4.69, 9.17) is 0 Å². The van der Waals surface area contributed by atoms with Crippen molar-refractivity contribution in [2.75, 3.05) is 7.05 Å². The molecule has 1 rings (SSSR count). The molecule has 5 heteroatoms. The van der Waals surface area contributed by atoms with Crippen LogP contribution in [0.15, 0.2) is 34.9 Å². The fourth-order valence-corrected chi connectivity index (χ4v) is 1.65. The van der Waals surface area contributed by atoms with E-state index in [2.05, 4.69) is 16.0 Å². The molecule has 0 heterocycles. The van der Waals surface area contributed by atoms with Crippen molar-refractivity contribution in [3.05, 3.63) is 34.9 Å². The van der Waals surface area contributed by atoms with Crippen LogP contribution in [-0.2, 0) is 9.59 Å². The van der Waals surface area contributed by atoms with E-state index in [1.165, 1.54) is 0 Å². The lowest BCUT2D eigenvalue weighted by Crippen LogP contribution is -2.27. The summed E-state index contributed by atoms with van der Waals surface area (Å²) < 4.78 is 0. The first-order valence-electron chi connectivity index (χ1n) is 6.78. The Hall–Kier alpha value is -2.04. The summed E-state index contributed by atoms with van der Waals surface area (Å²) in [6, 6.07) is 0.426. The third-order valence-electron chi connectivity index (χ3n) is 3.07. The Bertz CT molecular complexity index is 472. The summed E-state index contributed by atoms with van der Waals surface area (Å²) in [5, 5.41) is 9.29. The molecule has 1 saturated carbocycles.